The van der Waals surface area contributed by atoms with Gasteiger partial charge in [0.15, 0.2) is 5.96 Å². The second-order valence-electron chi connectivity index (χ2n) is 6.36. The highest BCUT2D eigenvalue weighted by Crippen LogP contribution is 2.33. The van der Waals surface area contributed by atoms with Gasteiger partial charge in [-0.1, -0.05) is 20.3 Å². The molecule has 22 heavy (non-hydrogen) atoms. The van der Waals surface area contributed by atoms with Crippen LogP contribution in [0.4, 0.5) is 0 Å². The normalized spacial score (nSPS) is 23.6. The number of hydrogen-bond acceptors (Lipinski definition) is 3. The molecule has 1 unspecified atom stereocenters. The third-order valence-electron chi connectivity index (χ3n) is 4.26. The molecule has 1 saturated heterocycles. The van der Waals surface area contributed by atoms with Crippen molar-refractivity contribution in [1.29, 1.82) is 0 Å². The molecule has 1 heterocycles. The second kappa shape index (κ2) is 8.72. The molecule has 2 N–H and O–H groups in total. The van der Waals surface area contributed by atoms with Crippen molar-refractivity contribution in [2.24, 2.45) is 10.4 Å². The maximum Gasteiger partial charge on any atom is 0.211 e. The van der Waals surface area contributed by atoms with Crippen LogP contribution in [0.15, 0.2) is 4.99 Å². The van der Waals surface area contributed by atoms with Gasteiger partial charge in [0.1, 0.15) is 0 Å². The largest absolute Gasteiger partial charge is 0.355 e. The SMILES string of the molecule is CCCC1(C)CCCN(C(=NC)NCCNS(=O)(=O)CC)C1. The van der Waals surface area contributed by atoms with E-state index in [2.05, 4.69) is 33.8 Å². The Labute approximate surface area is 135 Å². The fraction of sp³-hybridized carbons (Fsp3) is 0.933. The first-order valence-electron chi connectivity index (χ1n) is 8.28. The molecule has 0 radical (unpaired) electrons. The Morgan fingerprint density at radius 2 is 2.05 bits per heavy atom. The maximum atomic E-state index is 11.4. The summed E-state index contributed by atoms with van der Waals surface area (Å²) in [6, 6.07) is 0. The number of piperidine rings is 1. The Hall–Kier alpha value is -0.820. The van der Waals surface area contributed by atoms with Crippen LogP contribution in [0.3, 0.4) is 0 Å². The fourth-order valence-electron chi connectivity index (χ4n) is 3.12. The van der Waals surface area contributed by atoms with Crippen LogP contribution in [0.5, 0.6) is 0 Å². The van der Waals surface area contributed by atoms with Crippen molar-refractivity contribution in [3.05, 3.63) is 0 Å². The molecule has 1 aliphatic heterocycles. The summed E-state index contributed by atoms with van der Waals surface area (Å²) >= 11 is 0. The van der Waals surface area contributed by atoms with Gasteiger partial charge in [0.25, 0.3) is 0 Å². The van der Waals surface area contributed by atoms with E-state index in [-0.39, 0.29) is 5.75 Å². The first-order valence-corrected chi connectivity index (χ1v) is 9.94. The highest BCUT2D eigenvalue weighted by molar-refractivity contribution is 7.89. The minimum Gasteiger partial charge on any atom is -0.355 e. The highest BCUT2D eigenvalue weighted by Gasteiger charge is 2.31. The van der Waals surface area contributed by atoms with Gasteiger partial charge in [-0.15, -0.1) is 0 Å². The first-order chi connectivity index (χ1) is 10.4. The van der Waals surface area contributed by atoms with Crippen LogP contribution in [-0.4, -0.2) is 58.3 Å². The molecule has 1 atom stereocenters. The van der Waals surface area contributed by atoms with Crippen molar-refractivity contribution < 1.29 is 8.42 Å². The molecule has 6 nitrogen and oxygen atoms in total. The van der Waals surface area contributed by atoms with E-state index in [1.54, 1.807) is 14.0 Å². The van der Waals surface area contributed by atoms with Crippen molar-refractivity contribution in [3.63, 3.8) is 0 Å². The molecule has 1 fully saturated rings. The molecule has 1 aliphatic rings. The molecule has 130 valence electrons. The first kappa shape index (κ1) is 19.2. The summed E-state index contributed by atoms with van der Waals surface area (Å²) in [5, 5.41) is 3.26. The van der Waals surface area contributed by atoms with E-state index in [1.165, 1.54) is 25.7 Å². The summed E-state index contributed by atoms with van der Waals surface area (Å²) in [6.07, 6.45) is 4.89. The molecule has 0 spiro atoms. The van der Waals surface area contributed by atoms with E-state index in [4.69, 9.17) is 0 Å². The summed E-state index contributed by atoms with van der Waals surface area (Å²) in [5.74, 6) is 0.987. The van der Waals surface area contributed by atoms with Crippen molar-refractivity contribution in [3.8, 4) is 0 Å². The van der Waals surface area contributed by atoms with Gasteiger partial charge in [-0.3, -0.25) is 4.99 Å². The van der Waals surface area contributed by atoms with Crippen LogP contribution in [0.1, 0.15) is 46.5 Å². The van der Waals surface area contributed by atoms with Gasteiger partial charge in [-0.2, -0.15) is 0 Å². The Balaban J connectivity index is 2.47. The average molecular weight is 333 g/mol. The Bertz CT molecular complexity index is 460. The molecule has 0 saturated carbocycles. The van der Waals surface area contributed by atoms with Crippen molar-refractivity contribution in [1.82, 2.24) is 14.9 Å². The van der Waals surface area contributed by atoms with Gasteiger partial charge in [0, 0.05) is 33.2 Å². The van der Waals surface area contributed by atoms with E-state index < -0.39 is 10.0 Å². The topological polar surface area (TPSA) is 73.8 Å². The number of hydrogen-bond donors (Lipinski definition) is 2. The zero-order chi connectivity index (χ0) is 16.6. The van der Waals surface area contributed by atoms with Gasteiger partial charge < -0.3 is 10.2 Å². The number of guanidine groups is 1. The summed E-state index contributed by atoms with van der Waals surface area (Å²) < 4.78 is 25.3. The highest BCUT2D eigenvalue weighted by atomic mass is 32.2. The molecule has 0 aromatic rings. The molecule has 0 aliphatic carbocycles. The van der Waals surface area contributed by atoms with Crippen LogP contribution in [0.2, 0.25) is 0 Å². The van der Waals surface area contributed by atoms with Gasteiger partial charge in [0.2, 0.25) is 10.0 Å². The molecule has 0 amide bonds. The summed E-state index contributed by atoms with van der Waals surface area (Å²) in [4.78, 5) is 6.64. The number of nitrogens with one attached hydrogen (secondary N) is 2. The average Bonchev–Trinajstić information content (AvgIpc) is 2.47. The molecule has 1 rings (SSSR count). The number of rotatable bonds is 7. The molecule has 0 bridgehead atoms. The van der Waals surface area contributed by atoms with Crippen LogP contribution < -0.4 is 10.0 Å². The molecule has 0 aromatic heterocycles. The van der Waals surface area contributed by atoms with Crippen LogP contribution in [0, 0.1) is 5.41 Å². The fourth-order valence-corrected chi connectivity index (χ4v) is 3.74. The number of likely N-dealkylation sites (tertiary alicyclic amines) is 1. The molecule has 7 heteroatoms. The standard InChI is InChI=1S/C15H32N4O2S/c1-5-8-15(3)9-7-12-19(13-15)14(16-4)17-10-11-18-22(20,21)6-2/h18H,5-13H2,1-4H3,(H,16,17). The van der Waals surface area contributed by atoms with Crippen LogP contribution >= 0.6 is 0 Å². The minimum absolute atomic E-state index is 0.114. The van der Waals surface area contributed by atoms with Gasteiger partial charge in [-0.25, -0.2) is 13.1 Å². The summed E-state index contributed by atoms with van der Waals surface area (Å²) in [5.41, 5.74) is 0.356. The Kier molecular flexibility index (Phi) is 7.62. The van der Waals surface area contributed by atoms with Gasteiger partial charge in [-0.05, 0) is 31.6 Å². The Morgan fingerprint density at radius 3 is 2.64 bits per heavy atom. The van der Waals surface area contributed by atoms with Crippen molar-refractivity contribution in [2.45, 2.75) is 46.5 Å². The quantitative estimate of drug-likeness (QED) is 0.420. The van der Waals surface area contributed by atoms with Crippen molar-refractivity contribution >= 4 is 16.0 Å². The zero-order valence-corrected chi connectivity index (χ0v) is 15.3. The molecular formula is C15H32N4O2S. The monoisotopic (exact) mass is 332 g/mol. The van der Waals surface area contributed by atoms with Crippen LogP contribution in [-0.2, 0) is 10.0 Å². The maximum absolute atomic E-state index is 11.4. The zero-order valence-electron chi connectivity index (χ0n) is 14.5. The van der Waals surface area contributed by atoms with E-state index in [0.29, 0.717) is 18.5 Å². The van der Waals surface area contributed by atoms with E-state index in [0.717, 1.165) is 19.0 Å². The van der Waals surface area contributed by atoms with Gasteiger partial charge in [0.05, 0.1) is 5.75 Å². The number of nitrogens with zero attached hydrogens (tertiary/aromatic N) is 2. The predicted molar refractivity (Wildman–Crippen MR) is 92.6 cm³/mol. The third-order valence-corrected chi connectivity index (χ3v) is 5.66. The molecule has 0 aromatic carbocycles. The lowest BCUT2D eigenvalue weighted by molar-refractivity contribution is 0.143. The van der Waals surface area contributed by atoms with E-state index >= 15 is 0 Å². The summed E-state index contributed by atoms with van der Waals surface area (Å²) in [7, 11) is -1.34. The third kappa shape index (κ3) is 6.12. The number of aliphatic imine (C=N–C) groups is 1. The summed E-state index contributed by atoms with van der Waals surface area (Å²) in [6.45, 7) is 9.18. The lowest BCUT2D eigenvalue weighted by atomic mass is 9.78. The lowest BCUT2D eigenvalue weighted by Gasteiger charge is -2.42. The predicted octanol–water partition coefficient (Wildman–Crippen LogP) is 1.40. The van der Waals surface area contributed by atoms with E-state index in [9.17, 15) is 8.42 Å². The smallest absolute Gasteiger partial charge is 0.211 e. The number of sulfonamides is 1. The Morgan fingerprint density at radius 1 is 1.32 bits per heavy atom. The van der Waals surface area contributed by atoms with Crippen molar-refractivity contribution in [2.75, 3.05) is 39.0 Å². The lowest BCUT2D eigenvalue weighted by Crippen LogP contribution is -2.50. The van der Waals surface area contributed by atoms with Gasteiger partial charge >= 0.3 is 0 Å². The van der Waals surface area contributed by atoms with Crippen LogP contribution in [0.25, 0.3) is 0 Å². The minimum atomic E-state index is -3.12. The second-order valence-corrected chi connectivity index (χ2v) is 8.45. The molecular weight excluding hydrogens is 300 g/mol. The van der Waals surface area contributed by atoms with E-state index in [1.807, 2.05) is 0 Å².